The van der Waals surface area contributed by atoms with Crippen molar-refractivity contribution in [3.8, 4) is 5.75 Å². The molecular weight excluding hydrogens is 418 g/mol. The van der Waals surface area contributed by atoms with E-state index in [0.29, 0.717) is 5.56 Å². The lowest BCUT2D eigenvalue weighted by atomic mass is 10.2. The number of halogens is 6. The molecule has 26 heavy (non-hydrogen) atoms. The number of benzene rings is 1. The van der Waals surface area contributed by atoms with E-state index in [0.717, 1.165) is 24.3 Å². The van der Waals surface area contributed by atoms with E-state index in [2.05, 4.69) is 14.9 Å². The van der Waals surface area contributed by atoms with Gasteiger partial charge in [0.2, 0.25) is 0 Å². The molecule has 0 aliphatic rings. The zero-order chi connectivity index (χ0) is 20.6. The van der Waals surface area contributed by atoms with E-state index >= 15 is 0 Å². The first kappa shape index (κ1) is 22.2. The molecular formula is C12H10F6O6S2. The first-order valence-electron chi connectivity index (χ1n) is 6.17. The lowest BCUT2D eigenvalue weighted by Crippen LogP contribution is -2.61. The molecule has 0 bridgehead atoms. The van der Waals surface area contributed by atoms with Crippen molar-refractivity contribution >= 4 is 26.3 Å². The minimum Gasteiger partial charge on any atom is -0.378 e. The van der Waals surface area contributed by atoms with Crippen molar-refractivity contribution in [2.24, 2.45) is 0 Å². The summed E-state index contributed by atoms with van der Waals surface area (Å²) in [5.74, 6) is -7.83. The van der Waals surface area contributed by atoms with Crippen molar-refractivity contribution < 1.29 is 51.5 Å². The summed E-state index contributed by atoms with van der Waals surface area (Å²) in [5.41, 5.74) is 0.365. The van der Waals surface area contributed by atoms with Crippen molar-refractivity contribution in [1.29, 1.82) is 0 Å². The molecule has 0 saturated carbocycles. The highest BCUT2D eigenvalue weighted by Gasteiger charge is 2.83. The van der Waals surface area contributed by atoms with E-state index in [1.807, 2.05) is 0 Å². The lowest BCUT2D eigenvalue weighted by Gasteiger charge is -2.30. The first-order chi connectivity index (χ1) is 11.6. The number of alkyl halides is 6. The highest BCUT2D eigenvalue weighted by molar-refractivity contribution is 7.89. The molecule has 0 unspecified atom stereocenters. The third kappa shape index (κ3) is 3.40. The van der Waals surface area contributed by atoms with Crippen LogP contribution < -0.4 is 4.18 Å². The molecule has 0 amide bonds. The molecule has 0 atom stereocenters. The topological polar surface area (TPSA) is 86.7 Å². The molecule has 0 aliphatic carbocycles. The van der Waals surface area contributed by atoms with Crippen LogP contribution in [-0.2, 0) is 24.4 Å². The maximum Gasteiger partial charge on any atom is 0.450 e. The van der Waals surface area contributed by atoms with Crippen molar-refractivity contribution in [2.75, 3.05) is 7.11 Å². The molecule has 0 heterocycles. The van der Waals surface area contributed by atoms with E-state index in [-0.39, 0.29) is 7.11 Å². The minimum absolute atomic E-state index is 0.00360. The van der Waals surface area contributed by atoms with Crippen LogP contribution in [0.1, 0.15) is 5.56 Å². The Hall–Kier alpha value is -1.80. The second-order valence-electron chi connectivity index (χ2n) is 4.54. The van der Waals surface area contributed by atoms with E-state index < -0.39 is 42.4 Å². The van der Waals surface area contributed by atoms with Gasteiger partial charge in [0.15, 0.2) is 0 Å². The fourth-order valence-corrected chi connectivity index (χ4v) is 3.05. The predicted molar refractivity (Wildman–Crippen MR) is 76.9 cm³/mol. The summed E-state index contributed by atoms with van der Waals surface area (Å²) in [6, 6.07) is 3.70. The Balaban J connectivity index is 3.37. The second kappa shape index (κ2) is 6.74. The van der Waals surface area contributed by atoms with Crippen molar-refractivity contribution in [2.45, 2.75) is 16.4 Å². The van der Waals surface area contributed by atoms with Crippen molar-refractivity contribution in [1.82, 2.24) is 0 Å². The van der Waals surface area contributed by atoms with E-state index in [4.69, 9.17) is 0 Å². The zero-order valence-electron chi connectivity index (χ0n) is 12.6. The van der Waals surface area contributed by atoms with Crippen LogP contribution in [0.15, 0.2) is 30.8 Å². The number of hydrogen-bond acceptors (Lipinski definition) is 6. The van der Waals surface area contributed by atoms with Gasteiger partial charge in [0.05, 0.1) is 7.11 Å². The summed E-state index contributed by atoms with van der Waals surface area (Å²) in [6.07, 6.45) is 1.26. The van der Waals surface area contributed by atoms with Gasteiger partial charge in [-0.2, -0.15) is 43.2 Å². The van der Waals surface area contributed by atoms with Crippen LogP contribution in [0.3, 0.4) is 0 Å². The van der Waals surface area contributed by atoms with Gasteiger partial charge in [0.1, 0.15) is 5.75 Å². The van der Waals surface area contributed by atoms with Crippen LogP contribution >= 0.6 is 0 Å². The van der Waals surface area contributed by atoms with Gasteiger partial charge in [0.25, 0.3) is 0 Å². The summed E-state index contributed by atoms with van der Waals surface area (Å²) in [6.45, 7) is 3.33. The average Bonchev–Trinajstić information content (AvgIpc) is 2.54. The normalized spacial score (nSPS) is 14.1. The Bertz CT molecular complexity index is 877. The van der Waals surface area contributed by atoms with E-state index in [9.17, 15) is 43.2 Å². The summed E-state index contributed by atoms with van der Waals surface area (Å²) >= 11 is 0. The lowest BCUT2D eigenvalue weighted by molar-refractivity contribution is -0.247. The van der Waals surface area contributed by atoms with Gasteiger partial charge >= 0.3 is 36.7 Å². The molecule has 0 fully saturated rings. The Labute approximate surface area is 144 Å². The molecule has 0 aromatic heterocycles. The van der Waals surface area contributed by atoms with Crippen LogP contribution in [-0.4, -0.2) is 40.4 Å². The third-order valence-corrected chi connectivity index (χ3v) is 5.52. The highest BCUT2D eigenvalue weighted by Crippen LogP contribution is 2.51. The van der Waals surface area contributed by atoms with Gasteiger partial charge in [0, 0.05) is 0 Å². The second-order valence-corrected chi connectivity index (χ2v) is 7.88. The first-order valence-corrected chi connectivity index (χ1v) is 8.99. The molecule has 1 aromatic carbocycles. The molecule has 148 valence electrons. The smallest absolute Gasteiger partial charge is 0.378 e. The quantitative estimate of drug-likeness (QED) is 0.468. The fraction of sp³-hybridized carbons (Fsp3) is 0.333. The van der Waals surface area contributed by atoms with Crippen LogP contribution in [0, 0.1) is 0 Å². The third-order valence-electron chi connectivity index (χ3n) is 2.90. The molecule has 0 radical (unpaired) electrons. The summed E-state index contributed by atoms with van der Waals surface area (Å²) in [5, 5.41) is -13.2. The molecule has 1 rings (SSSR count). The summed E-state index contributed by atoms with van der Waals surface area (Å²) in [7, 11) is -13.3. The monoisotopic (exact) mass is 428 g/mol. The molecule has 1 aromatic rings. The van der Waals surface area contributed by atoms with Gasteiger partial charge in [-0.3, -0.25) is 4.18 Å². The maximum atomic E-state index is 13.7. The molecule has 0 aliphatic heterocycles. The number of rotatable bonds is 8. The van der Waals surface area contributed by atoms with Crippen LogP contribution in [0.25, 0.3) is 6.08 Å². The molecule has 0 saturated heterocycles. The molecule has 0 spiro atoms. The molecule has 0 N–H and O–H groups in total. The van der Waals surface area contributed by atoms with E-state index in [1.165, 1.54) is 6.08 Å². The van der Waals surface area contributed by atoms with Gasteiger partial charge in [-0.1, -0.05) is 24.8 Å². The number of hydrogen-bond donors (Lipinski definition) is 0. The Kier molecular flexibility index (Phi) is 5.76. The van der Waals surface area contributed by atoms with Crippen molar-refractivity contribution in [3.05, 3.63) is 36.4 Å². The molecule has 6 nitrogen and oxygen atoms in total. The van der Waals surface area contributed by atoms with Gasteiger partial charge < -0.3 is 4.18 Å². The Morgan fingerprint density at radius 3 is 1.69 bits per heavy atom. The standard InChI is InChI=1S/C12H10F6O6S2/c1-3-8-4-6-9(7-5-8)24-26(21,22)12(17,18)10(13,14)11(15,16)25(19,20)23-2/h3-7H,1H2,2H3. The maximum absolute atomic E-state index is 13.7. The van der Waals surface area contributed by atoms with Gasteiger partial charge in [-0.05, 0) is 17.7 Å². The summed E-state index contributed by atoms with van der Waals surface area (Å²) in [4.78, 5) is 0. The fourth-order valence-electron chi connectivity index (χ4n) is 1.43. The average molecular weight is 428 g/mol. The zero-order valence-corrected chi connectivity index (χ0v) is 14.3. The van der Waals surface area contributed by atoms with Gasteiger partial charge in [-0.15, -0.1) is 0 Å². The largest absolute Gasteiger partial charge is 0.450 e. The highest BCUT2D eigenvalue weighted by atomic mass is 32.2. The Morgan fingerprint density at radius 1 is 0.885 bits per heavy atom. The van der Waals surface area contributed by atoms with E-state index in [1.54, 1.807) is 0 Å². The van der Waals surface area contributed by atoms with Crippen molar-refractivity contribution in [3.63, 3.8) is 0 Å². The minimum atomic E-state index is -6.92. The predicted octanol–water partition coefficient (Wildman–Crippen LogP) is 2.84. The van der Waals surface area contributed by atoms with Gasteiger partial charge in [-0.25, -0.2) is 0 Å². The Morgan fingerprint density at radius 2 is 1.31 bits per heavy atom. The SMILES string of the molecule is C=Cc1ccc(OS(=O)(=O)C(F)(F)C(F)(F)C(F)(F)S(=O)(=O)OC)cc1. The van der Waals surface area contributed by atoms with Crippen LogP contribution in [0.2, 0.25) is 0 Å². The molecule has 14 heteroatoms. The van der Waals surface area contributed by atoms with Crippen LogP contribution in [0.5, 0.6) is 5.75 Å². The summed E-state index contributed by atoms with van der Waals surface area (Å²) < 4.78 is 133. The van der Waals surface area contributed by atoms with Crippen LogP contribution in [0.4, 0.5) is 26.3 Å².